The second-order valence-corrected chi connectivity index (χ2v) is 7.18. The van der Waals surface area contributed by atoms with Gasteiger partial charge in [0.05, 0.1) is 36.4 Å². The Morgan fingerprint density at radius 2 is 2.15 bits per heavy atom. The molecular weight excluding hydrogens is 361 g/mol. The van der Waals surface area contributed by atoms with Crippen LogP contribution in [0.1, 0.15) is 19.3 Å². The largest absolute Gasteiger partial charge is 0.390 e. The van der Waals surface area contributed by atoms with Gasteiger partial charge in [-0.15, -0.1) is 11.6 Å². The van der Waals surface area contributed by atoms with Crippen molar-refractivity contribution in [3.8, 4) is 11.4 Å². The van der Waals surface area contributed by atoms with Crippen molar-refractivity contribution in [3.63, 3.8) is 0 Å². The number of aromatic nitrogens is 3. The van der Waals surface area contributed by atoms with Crippen LogP contribution in [0.25, 0.3) is 17.5 Å². The summed E-state index contributed by atoms with van der Waals surface area (Å²) in [6, 6.07) is -0.468. The number of aliphatic hydroxyl groups is 2. The first-order chi connectivity index (χ1) is 12.5. The van der Waals surface area contributed by atoms with Gasteiger partial charge in [-0.1, -0.05) is 6.08 Å². The highest BCUT2D eigenvalue weighted by molar-refractivity contribution is 6.24. The zero-order valence-electron chi connectivity index (χ0n) is 13.9. The normalized spacial score (nSPS) is 28.0. The molecule has 4 rings (SSSR count). The molecule has 1 unspecified atom stereocenters. The summed E-state index contributed by atoms with van der Waals surface area (Å²) in [5, 5.41) is 23.4. The zero-order valence-corrected chi connectivity index (χ0v) is 14.6. The number of anilines is 1. The Labute approximate surface area is 153 Å². The van der Waals surface area contributed by atoms with E-state index in [1.54, 1.807) is 6.20 Å². The lowest BCUT2D eigenvalue weighted by atomic mass is 9.90. The molecule has 1 aliphatic carbocycles. The predicted molar refractivity (Wildman–Crippen MR) is 94.8 cm³/mol. The van der Waals surface area contributed by atoms with E-state index in [2.05, 4.69) is 25.3 Å². The van der Waals surface area contributed by atoms with Crippen LogP contribution in [0.5, 0.6) is 0 Å². The number of hydrogen-bond donors (Lipinski definition) is 4. The maximum absolute atomic E-state index is 14.2. The molecule has 0 amide bonds. The molecule has 0 spiro atoms. The number of halogens is 2. The van der Waals surface area contributed by atoms with Gasteiger partial charge < -0.3 is 20.5 Å². The smallest absolute Gasteiger partial charge is 0.183 e. The molecule has 26 heavy (non-hydrogen) atoms. The topological polar surface area (TPSA) is 106 Å². The summed E-state index contributed by atoms with van der Waals surface area (Å²) in [4.78, 5) is 15.8. The van der Waals surface area contributed by atoms with Gasteiger partial charge in [0.15, 0.2) is 17.5 Å². The lowest BCUT2D eigenvalue weighted by Gasteiger charge is -2.32. The van der Waals surface area contributed by atoms with Crippen LogP contribution in [0.15, 0.2) is 17.4 Å². The minimum Gasteiger partial charge on any atom is -0.390 e. The Bertz CT molecular complexity index is 934. The van der Waals surface area contributed by atoms with Crippen LogP contribution in [0.4, 0.5) is 10.2 Å². The molecule has 0 radical (unpaired) electrons. The summed E-state index contributed by atoms with van der Waals surface area (Å²) in [5.41, 5.74) is 1.38. The van der Waals surface area contributed by atoms with Crippen LogP contribution in [0, 0.1) is 5.82 Å². The summed E-state index contributed by atoms with van der Waals surface area (Å²) >= 11 is 6.15. The average Bonchev–Trinajstić information content (AvgIpc) is 3.04. The fourth-order valence-corrected chi connectivity index (χ4v) is 3.60. The summed E-state index contributed by atoms with van der Waals surface area (Å²) in [6.45, 7) is 0.494. The summed E-state index contributed by atoms with van der Waals surface area (Å²) in [6.07, 6.45) is 4.79. The number of fused-ring (bicyclic) bond motifs is 1. The van der Waals surface area contributed by atoms with Gasteiger partial charge in [0.25, 0.3) is 0 Å². The van der Waals surface area contributed by atoms with Crippen molar-refractivity contribution in [2.75, 3.05) is 11.9 Å². The third kappa shape index (κ3) is 3.20. The first-order valence-corrected chi connectivity index (χ1v) is 9.00. The Balaban J connectivity index is 1.68. The van der Waals surface area contributed by atoms with Crippen LogP contribution < -0.4 is 16.0 Å². The fourth-order valence-electron chi connectivity index (χ4n) is 3.41. The molecule has 1 fully saturated rings. The Hall–Kier alpha value is -2.03. The first kappa shape index (κ1) is 17.4. The number of alkyl halides is 1. The monoisotopic (exact) mass is 379 g/mol. The van der Waals surface area contributed by atoms with E-state index in [0.29, 0.717) is 36.3 Å². The van der Waals surface area contributed by atoms with Crippen LogP contribution >= 0.6 is 11.6 Å². The molecule has 0 aromatic carbocycles. The van der Waals surface area contributed by atoms with Crippen LogP contribution in [-0.4, -0.2) is 55.3 Å². The number of aromatic amines is 1. The number of rotatable bonds is 3. The van der Waals surface area contributed by atoms with Crippen molar-refractivity contribution in [3.05, 3.63) is 28.9 Å². The Kier molecular flexibility index (Phi) is 4.64. The number of aliphatic hydroxyl groups excluding tert-OH is 2. The van der Waals surface area contributed by atoms with Crippen molar-refractivity contribution < 1.29 is 14.6 Å². The molecule has 138 valence electrons. The molecule has 0 saturated heterocycles. The van der Waals surface area contributed by atoms with E-state index in [-0.39, 0.29) is 11.2 Å². The highest BCUT2D eigenvalue weighted by Gasteiger charge is 2.31. The summed E-state index contributed by atoms with van der Waals surface area (Å²) in [5.74, 6) is -0.290. The second kappa shape index (κ2) is 6.94. The van der Waals surface area contributed by atoms with Crippen molar-refractivity contribution in [1.29, 1.82) is 0 Å². The van der Waals surface area contributed by atoms with E-state index in [1.165, 1.54) is 0 Å². The molecule has 4 N–H and O–H groups in total. The molecule has 7 nitrogen and oxygen atoms in total. The standard InChI is InChI=1S/C17H19ClFN5O2/c18-8-4-9-10(6-21-15(9)20-5-8)16-22-7-11(19)17(24-16)23-12-2-1-3-13(25)14(12)26/h4,6-8,12-14,25-26H,1-3,5H2,(H,20,21)(H,22,23,24)/t8?,12-,13+,14-/m0/s1. The van der Waals surface area contributed by atoms with Crippen molar-refractivity contribution in [2.45, 2.75) is 42.9 Å². The number of nitrogens with one attached hydrogen (secondary N) is 2. The molecule has 2 aliphatic rings. The van der Waals surface area contributed by atoms with Gasteiger partial charge in [-0.2, -0.15) is 0 Å². The van der Waals surface area contributed by atoms with Gasteiger partial charge in [-0.3, -0.25) is 4.99 Å². The molecule has 2 aromatic rings. The van der Waals surface area contributed by atoms with Crippen LogP contribution in [-0.2, 0) is 0 Å². The Morgan fingerprint density at radius 3 is 3.00 bits per heavy atom. The number of H-pyrrole nitrogens is 1. The van der Waals surface area contributed by atoms with Gasteiger partial charge in [0, 0.05) is 17.0 Å². The number of hydrogen-bond acceptors (Lipinski definition) is 6. The van der Waals surface area contributed by atoms with Gasteiger partial charge in [-0.05, 0) is 19.3 Å². The summed E-state index contributed by atoms with van der Waals surface area (Å²) < 4.78 is 14.2. The van der Waals surface area contributed by atoms with Gasteiger partial charge in [0.2, 0.25) is 0 Å². The van der Waals surface area contributed by atoms with E-state index in [1.807, 2.05) is 6.08 Å². The SMILES string of the molecule is O[C@@H]1[C@H](O)CCC[C@@H]1Nc1nc(-c2c[nH]c3c2=CC(Cl)CN=3)ncc1F. The molecule has 4 atom stereocenters. The molecule has 9 heteroatoms. The van der Waals surface area contributed by atoms with Gasteiger partial charge in [0.1, 0.15) is 5.49 Å². The van der Waals surface area contributed by atoms with E-state index in [9.17, 15) is 14.6 Å². The van der Waals surface area contributed by atoms with Crippen molar-refractivity contribution in [2.24, 2.45) is 4.99 Å². The van der Waals surface area contributed by atoms with Crippen molar-refractivity contribution >= 4 is 23.5 Å². The second-order valence-electron chi connectivity index (χ2n) is 6.62. The molecule has 2 aromatic heterocycles. The highest BCUT2D eigenvalue weighted by Crippen LogP contribution is 2.24. The van der Waals surface area contributed by atoms with E-state index in [4.69, 9.17) is 11.6 Å². The van der Waals surface area contributed by atoms with E-state index in [0.717, 1.165) is 17.8 Å². The maximum atomic E-state index is 14.2. The molecule has 1 aliphatic heterocycles. The van der Waals surface area contributed by atoms with E-state index >= 15 is 0 Å². The van der Waals surface area contributed by atoms with Crippen LogP contribution in [0.3, 0.4) is 0 Å². The molecule has 1 saturated carbocycles. The fraction of sp³-hybridized carbons (Fsp3) is 0.471. The van der Waals surface area contributed by atoms with E-state index < -0.39 is 24.1 Å². The Morgan fingerprint density at radius 1 is 1.31 bits per heavy atom. The van der Waals surface area contributed by atoms with Gasteiger partial charge >= 0.3 is 0 Å². The van der Waals surface area contributed by atoms with Crippen LogP contribution in [0.2, 0.25) is 0 Å². The van der Waals surface area contributed by atoms with Crippen molar-refractivity contribution in [1.82, 2.24) is 15.0 Å². The molecule has 0 bridgehead atoms. The lowest BCUT2D eigenvalue weighted by molar-refractivity contribution is -0.0162. The predicted octanol–water partition coefficient (Wildman–Crippen LogP) is 0.318. The average molecular weight is 380 g/mol. The molecule has 3 heterocycles. The summed E-state index contributed by atoms with van der Waals surface area (Å²) in [7, 11) is 0. The first-order valence-electron chi connectivity index (χ1n) is 8.56. The van der Waals surface area contributed by atoms with Gasteiger partial charge in [-0.25, -0.2) is 14.4 Å². The maximum Gasteiger partial charge on any atom is 0.183 e. The zero-order chi connectivity index (χ0) is 18.3. The minimum absolute atomic E-state index is 0.00160. The number of nitrogens with zero attached hydrogens (tertiary/aromatic N) is 3. The third-order valence-electron chi connectivity index (χ3n) is 4.80. The third-order valence-corrected chi connectivity index (χ3v) is 5.06. The minimum atomic E-state index is -0.967. The quantitative estimate of drug-likeness (QED) is 0.575. The molecular formula is C17H19ClFN5O2. The highest BCUT2D eigenvalue weighted by atomic mass is 35.5. The lowest BCUT2D eigenvalue weighted by Crippen LogP contribution is -2.45.